The Balaban J connectivity index is 2.95. The molecule has 0 aliphatic heterocycles. The number of hydrogen-bond acceptors (Lipinski definition) is 2. The van der Waals surface area contributed by atoms with E-state index in [1.165, 1.54) is 0 Å². The normalized spacial score (nSPS) is 10.8. The van der Waals surface area contributed by atoms with Crippen molar-refractivity contribution in [1.82, 2.24) is 4.98 Å². The van der Waals surface area contributed by atoms with E-state index in [0.717, 1.165) is 19.8 Å². The second-order valence-corrected chi connectivity index (χ2v) is 4.96. The van der Waals surface area contributed by atoms with Crippen molar-refractivity contribution < 1.29 is 0 Å². The molecule has 0 atom stereocenters. The van der Waals surface area contributed by atoms with Crippen LogP contribution >= 0.6 is 43.5 Å². The topological polar surface area (TPSA) is 38.9 Å². The van der Waals surface area contributed by atoms with E-state index in [1.807, 2.05) is 12.1 Å². The van der Waals surface area contributed by atoms with Crippen LogP contribution in [0.1, 0.15) is 0 Å². The number of benzene rings is 1. The van der Waals surface area contributed by atoms with Crippen LogP contribution in [0.15, 0.2) is 27.3 Å². The second-order valence-electron chi connectivity index (χ2n) is 2.81. The van der Waals surface area contributed by atoms with E-state index in [9.17, 15) is 0 Å². The quantitative estimate of drug-likeness (QED) is 0.790. The van der Waals surface area contributed by atoms with E-state index < -0.39 is 0 Å². The number of hydrogen-bond donors (Lipinski definition) is 1. The molecule has 2 aromatic rings. The smallest absolute Gasteiger partial charge is 0.0861 e. The third-order valence-corrected chi connectivity index (χ3v) is 3.33. The summed E-state index contributed by atoms with van der Waals surface area (Å²) in [5.74, 6) is 0. The molecule has 14 heavy (non-hydrogen) atoms. The predicted molar refractivity (Wildman–Crippen MR) is 66.6 cm³/mol. The molecule has 0 bridgehead atoms. The molecule has 1 heterocycles. The number of nitrogen functional groups attached to an aromatic ring is 1. The Morgan fingerprint density at radius 2 is 2.00 bits per heavy atom. The molecule has 0 saturated heterocycles. The average molecular weight is 336 g/mol. The Morgan fingerprint density at radius 3 is 2.71 bits per heavy atom. The minimum Gasteiger partial charge on any atom is -0.396 e. The van der Waals surface area contributed by atoms with Gasteiger partial charge in [-0.1, -0.05) is 27.5 Å². The summed E-state index contributed by atoms with van der Waals surface area (Å²) in [7, 11) is 0. The van der Waals surface area contributed by atoms with Crippen LogP contribution in [0.25, 0.3) is 10.9 Å². The SMILES string of the molecule is Nc1cnc2c(Br)cc(Br)cc2c1Cl. The second kappa shape index (κ2) is 3.68. The molecule has 0 aliphatic rings. The third kappa shape index (κ3) is 1.62. The van der Waals surface area contributed by atoms with Crippen molar-refractivity contribution in [2.45, 2.75) is 0 Å². The number of anilines is 1. The fourth-order valence-electron chi connectivity index (χ4n) is 1.21. The van der Waals surface area contributed by atoms with Crippen molar-refractivity contribution in [3.63, 3.8) is 0 Å². The number of fused-ring (bicyclic) bond motifs is 1. The van der Waals surface area contributed by atoms with E-state index in [2.05, 4.69) is 36.8 Å². The lowest BCUT2D eigenvalue weighted by Gasteiger charge is -2.05. The van der Waals surface area contributed by atoms with Crippen molar-refractivity contribution in [1.29, 1.82) is 0 Å². The molecule has 0 aliphatic carbocycles. The van der Waals surface area contributed by atoms with Gasteiger partial charge in [0, 0.05) is 14.3 Å². The standard InChI is InChI=1S/C9H5Br2ClN2/c10-4-1-5-8(12)7(13)3-14-9(5)6(11)2-4/h1-3H,13H2. The minimum absolute atomic E-state index is 0.490. The molecule has 2 N–H and O–H groups in total. The monoisotopic (exact) mass is 334 g/mol. The van der Waals surface area contributed by atoms with Crippen molar-refractivity contribution in [2.24, 2.45) is 0 Å². The zero-order chi connectivity index (χ0) is 10.3. The van der Waals surface area contributed by atoms with Gasteiger partial charge in [0.15, 0.2) is 0 Å². The number of nitrogens with zero attached hydrogens (tertiary/aromatic N) is 1. The summed E-state index contributed by atoms with van der Waals surface area (Å²) < 4.78 is 1.83. The first-order valence-electron chi connectivity index (χ1n) is 3.78. The molecule has 5 heteroatoms. The lowest BCUT2D eigenvalue weighted by molar-refractivity contribution is 1.40. The summed E-state index contributed by atoms with van der Waals surface area (Å²) in [6, 6.07) is 3.81. The number of rotatable bonds is 0. The third-order valence-electron chi connectivity index (χ3n) is 1.85. The molecule has 1 aromatic heterocycles. The molecule has 0 amide bonds. The molecule has 0 radical (unpaired) electrons. The predicted octanol–water partition coefficient (Wildman–Crippen LogP) is 4.00. The van der Waals surface area contributed by atoms with Crippen LogP contribution in [-0.2, 0) is 0 Å². The maximum atomic E-state index is 6.06. The molecule has 2 nitrogen and oxygen atoms in total. The Labute approximate surface area is 103 Å². The van der Waals surface area contributed by atoms with Gasteiger partial charge >= 0.3 is 0 Å². The zero-order valence-corrected chi connectivity index (χ0v) is 10.8. The van der Waals surface area contributed by atoms with Crippen LogP contribution in [0, 0.1) is 0 Å². The first-order chi connectivity index (χ1) is 6.59. The fraction of sp³-hybridized carbons (Fsp3) is 0. The first-order valence-corrected chi connectivity index (χ1v) is 5.74. The van der Waals surface area contributed by atoms with Crippen LogP contribution in [0.3, 0.4) is 0 Å². The van der Waals surface area contributed by atoms with E-state index in [1.54, 1.807) is 6.20 Å². The average Bonchev–Trinajstić information content (AvgIpc) is 2.12. The molecule has 2 rings (SSSR count). The van der Waals surface area contributed by atoms with Gasteiger partial charge in [-0.3, -0.25) is 4.98 Å². The fourth-order valence-corrected chi connectivity index (χ4v) is 2.73. The largest absolute Gasteiger partial charge is 0.396 e. The highest BCUT2D eigenvalue weighted by Gasteiger charge is 2.07. The number of pyridine rings is 1. The molecular weight excluding hydrogens is 331 g/mol. The van der Waals surface area contributed by atoms with E-state index >= 15 is 0 Å². The Hall–Kier alpha value is -0.320. The van der Waals surface area contributed by atoms with Crippen LogP contribution in [-0.4, -0.2) is 4.98 Å². The minimum atomic E-state index is 0.490. The molecule has 0 unspecified atom stereocenters. The van der Waals surface area contributed by atoms with Gasteiger partial charge in [-0.2, -0.15) is 0 Å². The highest BCUT2D eigenvalue weighted by atomic mass is 79.9. The Morgan fingerprint density at radius 1 is 1.29 bits per heavy atom. The highest BCUT2D eigenvalue weighted by molar-refractivity contribution is 9.11. The molecule has 0 fully saturated rings. The van der Waals surface area contributed by atoms with Crippen molar-refractivity contribution in [2.75, 3.05) is 5.73 Å². The van der Waals surface area contributed by atoms with Crippen molar-refractivity contribution in [3.05, 3.63) is 32.3 Å². The molecule has 0 spiro atoms. The van der Waals surface area contributed by atoms with Gasteiger partial charge in [0.2, 0.25) is 0 Å². The van der Waals surface area contributed by atoms with Gasteiger partial charge in [-0.05, 0) is 28.1 Å². The van der Waals surface area contributed by atoms with Gasteiger partial charge in [-0.15, -0.1) is 0 Å². The summed E-state index contributed by atoms with van der Waals surface area (Å²) >= 11 is 12.9. The lowest BCUT2D eigenvalue weighted by atomic mass is 10.2. The van der Waals surface area contributed by atoms with Gasteiger partial charge in [0.05, 0.1) is 22.4 Å². The van der Waals surface area contributed by atoms with E-state index in [0.29, 0.717) is 10.7 Å². The summed E-state index contributed by atoms with van der Waals surface area (Å²) in [6.45, 7) is 0. The van der Waals surface area contributed by atoms with Crippen LogP contribution in [0.4, 0.5) is 5.69 Å². The summed E-state index contributed by atoms with van der Waals surface area (Å²) in [5, 5.41) is 1.38. The summed E-state index contributed by atoms with van der Waals surface area (Å²) in [4.78, 5) is 4.21. The first kappa shape index (κ1) is 10.2. The molecular formula is C9H5Br2ClN2. The van der Waals surface area contributed by atoms with E-state index in [-0.39, 0.29) is 0 Å². The molecule has 0 saturated carbocycles. The highest BCUT2D eigenvalue weighted by Crippen LogP contribution is 2.33. The molecule has 72 valence electrons. The van der Waals surface area contributed by atoms with Gasteiger partial charge in [-0.25, -0.2) is 0 Å². The van der Waals surface area contributed by atoms with E-state index in [4.69, 9.17) is 17.3 Å². The maximum Gasteiger partial charge on any atom is 0.0861 e. The number of nitrogens with two attached hydrogens (primary N) is 1. The van der Waals surface area contributed by atoms with Crippen LogP contribution in [0.5, 0.6) is 0 Å². The zero-order valence-electron chi connectivity index (χ0n) is 6.89. The van der Waals surface area contributed by atoms with Gasteiger partial charge in [0.25, 0.3) is 0 Å². The van der Waals surface area contributed by atoms with Crippen LogP contribution in [0.2, 0.25) is 5.02 Å². The lowest BCUT2D eigenvalue weighted by Crippen LogP contribution is -1.90. The Kier molecular flexibility index (Phi) is 2.68. The summed E-state index contributed by atoms with van der Waals surface area (Å²) in [6.07, 6.45) is 1.56. The molecule has 1 aromatic carbocycles. The van der Waals surface area contributed by atoms with Gasteiger partial charge in [0.1, 0.15) is 0 Å². The van der Waals surface area contributed by atoms with Gasteiger partial charge < -0.3 is 5.73 Å². The Bertz CT molecular complexity index is 514. The number of aromatic nitrogens is 1. The van der Waals surface area contributed by atoms with Crippen LogP contribution < -0.4 is 5.73 Å². The van der Waals surface area contributed by atoms with Crippen molar-refractivity contribution in [3.8, 4) is 0 Å². The number of halogens is 3. The van der Waals surface area contributed by atoms with Crippen molar-refractivity contribution >= 4 is 60.1 Å². The summed E-state index contributed by atoms with van der Waals surface area (Å²) in [5.41, 5.74) is 6.96. The maximum absolute atomic E-state index is 6.06.